The fourth-order valence-electron chi connectivity index (χ4n) is 0.999. The van der Waals surface area contributed by atoms with Crippen LogP contribution in [-0.4, -0.2) is 10.9 Å². The molecular formula is C7H9NOS. The van der Waals surface area contributed by atoms with Gasteiger partial charge in [-0.1, -0.05) is 18.3 Å². The van der Waals surface area contributed by atoms with Crippen molar-refractivity contribution in [1.29, 1.82) is 0 Å². The summed E-state index contributed by atoms with van der Waals surface area (Å²) in [4.78, 5) is 11.6. The summed E-state index contributed by atoms with van der Waals surface area (Å²) in [6, 6.07) is 0. The van der Waals surface area contributed by atoms with Gasteiger partial charge in [0, 0.05) is 12.3 Å². The quantitative estimate of drug-likeness (QED) is 0.476. The maximum atomic E-state index is 10.9. The molecule has 1 unspecified atom stereocenters. The highest BCUT2D eigenvalue weighted by molar-refractivity contribution is 7.80. The fourth-order valence-corrected chi connectivity index (χ4v) is 1.30. The molecular weight excluding hydrogens is 146 g/mol. The number of hydrogen-bond acceptors (Lipinski definition) is 2. The Morgan fingerprint density at radius 2 is 2.60 bits per heavy atom. The Kier molecular flexibility index (Phi) is 2.17. The van der Waals surface area contributed by atoms with Gasteiger partial charge in [0.15, 0.2) is 0 Å². The average molecular weight is 155 g/mol. The largest absolute Gasteiger partial charge is 0.320 e. The van der Waals surface area contributed by atoms with Gasteiger partial charge < -0.3 is 5.32 Å². The van der Waals surface area contributed by atoms with E-state index in [0.29, 0.717) is 11.4 Å². The van der Waals surface area contributed by atoms with Crippen LogP contribution in [-0.2, 0) is 4.79 Å². The molecule has 1 heterocycles. The number of rotatable bonds is 2. The molecule has 0 saturated carbocycles. The number of amides is 1. The molecule has 54 valence electrons. The molecule has 0 bridgehead atoms. The van der Waals surface area contributed by atoms with Gasteiger partial charge in [0.05, 0.1) is 4.99 Å². The molecule has 2 nitrogen and oxygen atoms in total. The van der Waals surface area contributed by atoms with E-state index in [1.54, 1.807) is 6.08 Å². The van der Waals surface area contributed by atoms with Crippen molar-refractivity contribution in [3.63, 3.8) is 0 Å². The topological polar surface area (TPSA) is 29.1 Å². The van der Waals surface area contributed by atoms with Crippen molar-refractivity contribution in [1.82, 2.24) is 5.32 Å². The Morgan fingerprint density at radius 1 is 1.90 bits per heavy atom. The average Bonchev–Trinajstić information content (AvgIpc) is 2.13. The van der Waals surface area contributed by atoms with Crippen molar-refractivity contribution in [2.75, 3.05) is 0 Å². The van der Waals surface area contributed by atoms with E-state index in [4.69, 9.17) is 12.2 Å². The van der Waals surface area contributed by atoms with E-state index in [0.717, 1.165) is 6.42 Å². The molecule has 1 fully saturated rings. The molecule has 3 heteroatoms. The molecule has 1 amide bonds. The summed E-state index contributed by atoms with van der Waals surface area (Å²) in [7, 11) is 0. The third-order valence-corrected chi connectivity index (χ3v) is 1.79. The molecule has 1 aliphatic heterocycles. The SMILES string of the molecule is C=CCC1CC(=S)NC1=O. The summed E-state index contributed by atoms with van der Waals surface area (Å²) < 4.78 is 0. The number of carbonyl (C=O) groups excluding carboxylic acids is 1. The summed E-state index contributed by atoms with van der Waals surface area (Å²) in [5.74, 6) is 0.0925. The van der Waals surface area contributed by atoms with Crippen molar-refractivity contribution >= 4 is 23.1 Å². The van der Waals surface area contributed by atoms with E-state index in [1.165, 1.54) is 0 Å². The van der Waals surface area contributed by atoms with Crippen LogP contribution in [0.25, 0.3) is 0 Å². The second-order valence-corrected chi connectivity index (χ2v) is 2.83. The lowest BCUT2D eigenvalue weighted by atomic mass is 10.1. The van der Waals surface area contributed by atoms with Crippen molar-refractivity contribution < 1.29 is 4.79 Å². The Bertz CT molecular complexity index is 188. The van der Waals surface area contributed by atoms with Crippen LogP contribution in [0.4, 0.5) is 0 Å². The predicted molar refractivity (Wildman–Crippen MR) is 43.7 cm³/mol. The zero-order valence-corrected chi connectivity index (χ0v) is 6.41. The van der Waals surface area contributed by atoms with Crippen LogP contribution in [0.3, 0.4) is 0 Å². The zero-order valence-electron chi connectivity index (χ0n) is 5.59. The summed E-state index contributed by atoms with van der Waals surface area (Å²) in [5, 5.41) is 2.60. The summed E-state index contributed by atoms with van der Waals surface area (Å²) in [6.07, 6.45) is 3.17. The molecule has 1 aliphatic rings. The standard InChI is InChI=1S/C7H9NOS/c1-2-3-5-4-6(10)8-7(5)9/h2,5H,1,3-4H2,(H,8,9,10). The maximum Gasteiger partial charge on any atom is 0.228 e. The number of carbonyl (C=O) groups is 1. The third kappa shape index (κ3) is 1.42. The van der Waals surface area contributed by atoms with Crippen LogP contribution in [0.15, 0.2) is 12.7 Å². The molecule has 1 atom stereocenters. The number of hydrogen-bond donors (Lipinski definition) is 1. The van der Waals surface area contributed by atoms with Gasteiger partial charge in [-0.2, -0.15) is 0 Å². The number of allylic oxidation sites excluding steroid dienone is 1. The van der Waals surface area contributed by atoms with Crippen molar-refractivity contribution in [3.05, 3.63) is 12.7 Å². The summed E-state index contributed by atoms with van der Waals surface area (Å²) in [6.45, 7) is 3.56. The van der Waals surface area contributed by atoms with Gasteiger partial charge in [-0.15, -0.1) is 6.58 Å². The lowest BCUT2D eigenvalue weighted by Crippen LogP contribution is -2.20. The minimum Gasteiger partial charge on any atom is -0.320 e. The molecule has 0 radical (unpaired) electrons. The smallest absolute Gasteiger partial charge is 0.228 e. The van der Waals surface area contributed by atoms with Crippen LogP contribution >= 0.6 is 12.2 Å². The first-order chi connectivity index (χ1) is 4.74. The molecule has 10 heavy (non-hydrogen) atoms. The van der Waals surface area contributed by atoms with Crippen LogP contribution in [0, 0.1) is 5.92 Å². The van der Waals surface area contributed by atoms with Gasteiger partial charge in [0.25, 0.3) is 0 Å². The minimum absolute atomic E-state index is 0.0462. The van der Waals surface area contributed by atoms with E-state index in [-0.39, 0.29) is 11.8 Å². The Hall–Kier alpha value is -0.700. The molecule has 0 spiro atoms. The van der Waals surface area contributed by atoms with Gasteiger partial charge in [0.1, 0.15) is 0 Å². The van der Waals surface area contributed by atoms with Crippen molar-refractivity contribution in [2.45, 2.75) is 12.8 Å². The summed E-state index contributed by atoms with van der Waals surface area (Å²) in [5.41, 5.74) is 0. The second kappa shape index (κ2) is 2.92. The third-order valence-electron chi connectivity index (χ3n) is 1.52. The van der Waals surface area contributed by atoms with Crippen LogP contribution < -0.4 is 5.32 Å². The monoisotopic (exact) mass is 155 g/mol. The molecule has 0 aromatic carbocycles. The first-order valence-corrected chi connectivity index (χ1v) is 3.59. The predicted octanol–water partition coefficient (Wildman–Crippen LogP) is 1.03. The lowest BCUT2D eigenvalue weighted by Gasteiger charge is -1.97. The molecule has 1 saturated heterocycles. The second-order valence-electron chi connectivity index (χ2n) is 2.34. The molecule has 0 aromatic rings. The number of nitrogens with one attached hydrogen (secondary N) is 1. The van der Waals surface area contributed by atoms with Crippen LogP contribution in [0.1, 0.15) is 12.8 Å². The van der Waals surface area contributed by atoms with E-state index in [2.05, 4.69) is 11.9 Å². The Balaban J connectivity index is 2.54. The fraction of sp³-hybridized carbons (Fsp3) is 0.429. The number of thiocarbonyl (C=S) groups is 1. The molecule has 0 aliphatic carbocycles. The van der Waals surface area contributed by atoms with Gasteiger partial charge in [-0.25, -0.2) is 0 Å². The highest BCUT2D eigenvalue weighted by Gasteiger charge is 2.26. The van der Waals surface area contributed by atoms with Crippen molar-refractivity contribution in [2.24, 2.45) is 5.92 Å². The van der Waals surface area contributed by atoms with Crippen molar-refractivity contribution in [3.8, 4) is 0 Å². The van der Waals surface area contributed by atoms with E-state index < -0.39 is 0 Å². The minimum atomic E-state index is 0.0462. The highest BCUT2D eigenvalue weighted by atomic mass is 32.1. The van der Waals surface area contributed by atoms with E-state index in [9.17, 15) is 4.79 Å². The maximum absolute atomic E-state index is 10.9. The first kappa shape index (κ1) is 7.41. The lowest BCUT2D eigenvalue weighted by molar-refractivity contribution is -0.121. The Morgan fingerprint density at radius 3 is 3.00 bits per heavy atom. The Labute approximate surface area is 65.3 Å². The molecule has 1 N–H and O–H groups in total. The van der Waals surface area contributed by atoms with Crippen LogP contribution in [0.2, 0.25) is 0 Å². The summed E-state index contributed by atoms with van der Waals surface area (Å²) >= 11 is 4.82. The highest BCUT2D eigenvalue weighted by Crippen LogP contribution is 2.15. The molecule has 1 rings (SSSR count). The van der Waals surface area contributed by atoms with Gasteiger partial charge in [0.2, 0.25) is 5.91 Å². The normalized spacial score (nSPS) is 24.6. The first-order valence-electron chi connectivity index (χ1n) is 3.18. The molecule has 0 aromatic heterocycles. The zero-order chi connectivity index (χ0) is 7.56. The van der Waals surface area contributed by atoms with Gasteiger partial charge in [-0.3, -0.25) is 4.79 Å². The van der Waals surface area contributed by atoms with Gasteiger partial charge >= 0.3 is 0 Å². The van der Waals surface area contributed by atoms with Crippen LogP contribution in [0.5, 0.6) is 0 Å². The van der Waals surface area contributed by atoms with E-state index >= 15 is 0 Å². The van der Waals surface area contributed by atoms with Gasteiger partial charge in [-0.05, 0) is 6.42 Å². The van der Waals surface area contributed by atoms with E-state index in [1.807, 2.05) is 0 Å².